The maximum absolute atomic E-state index is 14.9. The van der Waals surface area contributed by atoms with Crippen LogP contribution < -0.4 is 14.9 Å². The summed E-state index contributed by atoms with van der Waals surface area (Å²) in [5, 5.41) is 16.5. The van der Waals surface area contributed by atoms with Crippen LogP contribution in [0.15, 0.2) is 24.4 Å². The molecular formula is C22H24FN7O3S. The second-order valence-corrected chi connectivity index (χ2v) is 10.4. The number of ether oxygens (including phenoxy) is 1. The van der Waals surface area contributed by atoms with E-state index in [9.17, 15) is 18.1 Å². The number of nitrogens with one attached hydrogen (secondary N) is 3. The first-order valence-corrected chi connectivity index (χ1v) is 12.8. The first kappa shape index (κ1) is 22.4. The van der Waals surface area contributed by atoms with Gasteiger partial charge in [0.2, 0.25) is 16.0 Å². The zero-order chi connectivity index (χ0) is 23.7. The van der Waals surface area contributed by atoms with Crippen LogP contribution in [-0.2, 0) is 14.8 Å². The number of hydrogen-bond donors (Lipinski definition) is 3. The van der Waals surface area contributed by atoms with Crippen LogP contribution in [0.25, 0.3) is 11.0 Å². The van der Waals surface area contributed by atoms with Crippen molar-refractivity contribution in [1.82, 2.24) is 15.0 Å². The van der Waals surface area contributed by atoms with E-state index < -0.39 is 15.8 Å². The van der Waals surface area contributed by atoms with Crippen LogP contribution in [0.1, 0.15) is 31.2 Å². The Morgan fingerprint density at radius 1 is 1.24 bits per heavy atom. The van der Waals surface area contributed by atoms with Gasteiger partial charge in [-0.3, -0.25) is 4.31 Å². The van der Waals surface area contributed by atoms with Crippen molar-refractivity contribution in [3.8, 4) is 6.07 Å². The number of rotatable bonds is 5. The van der Waals surface area contributed by atoms with Crippen molar-refractivity contribution in [2.45, 2.75) is 31.7 Å². The molecule has 12 heteroatoms. The fourth-order valence-corrected chi connectivity index (χ4v) is 5.94. The van der Waals surface area contributed by atoms with Gasteiger partial charge in [0, 0.05) is 37.7 Å². The minimum Gasteiger partial charge on any atom is -0.381 e. The lowest BCUT2D eigenvalue weighted by atomic mass is 10.1. The van der Waals surface area contributed by atoms with Gasteiger partial charge in [0.25, 0.3) is 0 Å². The molecule has 2 aliphatic heterocycles. The molecule has 0 unspecified atom stereocenters. The maximum Gasteiger partial charge on any atom is 0.235 e. The van der Waals surface area contributed by atoms with Crippen LogP contribution in [0.3, 0.4) is 0 Å². The Kier molecular flexibility index (Phi) is 5.97. The predicted molar refractivity (Wildman–Crippen MR) is 126 cm³/mol. The molecule has 2 aromatic heterocycles. The summed E-state index contributed by atoms with van der Waals surface area (Å²) in [6.07, 6.45) is 4.47. The Balaban J connectivity index is 1.44. The number of aromatic nitrogens is 3. The fourth-order valence-electron chi connectivity index (χ4n) is 4.29. The van der Waals surface area contributed by atoms with Gasteiger partial charge in [-0.2, -0.15) is 15.2 Å². The molecule has 2 aliphatic rings. The molecule has 3 N–H and O–H groups in total. The third-order valence-electron chi connectivity index (χ3n) is 6.04. The number of nitrogens with zero attached hydrogens (tertiary/aromatic N) is 4. The van der Waals surface area contributed by atoms with Crippen molar-refractivity contribution >= 4 is 44.2 Å². The van der Waals surface area contributed by atoms with Crippen LogP contribution >= 0.6 is 0 Å². The third kappa shape index (κ3) is 4.36. The Morgan fingerprint density at radius 3 is 2.79 bits per heavy atom. The maximum atomic E-state index is 14.9. The zero-order valence-corrected chi connectivity index (χ0v) is 19.2. The lowest BCUT2D eigenvalue weighted by molar-refractivity contribution is 0.0904. The van der Waals surface area contributed by atoms with Crippen LogP contribution in [0.2, 0.25) is 0 Å². The molecule has 0 bridgehead atoms. The summed E-state index contributed by atoms with van der Waals surface area (Å²) in [7, 11) is -3.51. The number of H-pyrrole nitrogens is 1. The number of sulfonamides is 1. The molecule has 2 saturated heterocycles. The summed E-state index contributed by atoms with van der Waals surface area (Å²) < 4.78 is 46.2. The molecule has 0 radical (unpaired) electrons. The minimum absolute atomic E-state index is 0.0179. The third-order valence-corrected chi connectivity index (χ3v) is 7.89. The van der Waals surface area contributed by atoms with Crippen LogP contribution in [0, 0.1) is 17.1 Å². The van der Waals surface area contributed by atoms with E-state index in [2.05, 4.69) is 31.7 Å². The van der Waals surface area contributed by atoms with Gasteiger partial charge in [0.05, 0.1) is 22.4 Å². The van der Waals surface area contributed by atoms with Gasteiger partial charge in [-0.05, 0) is 43.9 Å². The molecule has 34 heavy (non-hydrogen) atoms. The van der Waals surface area contributed by atoms with Crippen LogP contribution in [-0.4, -0.2) is 54.9 Å². The van der Waals surface area contributed by atoms with Gasteiger partial charge in [0.1, 0.15) is 23.4 Å². The number of anilines is 4. The predicted octanol–water partition coefficient (Wildman–Crippen LogP) is 3.23. The van der Waals surface area contributed by atoms with E-state index in [1.165, 1.54) is 12.1 Å². The van der Waals surface area contributed by atoms with Crippen molar-refractivity contribution < 1.29 is 17.5 Å². The highest BCUT2D eigenvalue weighted by molar-refractivity contribution is 7.92. The van der Waals surface area contributed by atoms with Crippen molar-refractivity contribution in [1.29, 1.82) is 5.26 Å². The normalized spacial score (nSPS) is 18.5. The molecular weight excluding hydrogens is 461 g/mol. The highest BCUT2D eigenvalue weighted by atomic mass is 32.2. The van der Waals surface area contributed by atoms with E-state index in [1.54, 1.807) is 12.3 Å². The van der Waals surface area contributed by atoms with Gasteiger partial charge in [-0.1, -0.05) is 0 Å². The number of hydrogen-bond acceptors (Lipinski definition) is 8. The van der Waals surface area contributed by atoms with Crippen LogP contribution in [0.4, 0.5) is 27.5 Å². The van der Waals surface area contributed by atoms with Gasteiger partial charge in [0.15, 0.2) is 0 Å². The molecule has 0 aliphatic carbocycles. The Hall–Kier alpha value is -3.43. The summed E-state index contributed by atoms with van der Waals surface area (Å²) in [4.78, 5) is 12.0. The average Bonchev–Trinajstić information content (AvgIpc) is 3.24. The minimum atomic E-state index is -3.51. The summed E-state index contributed by atoms with van der Waals surface area (Å²) in [6, 6.07) is 6.56. The van der Waals surface area contributed by atoms with E-state index in [4.69, 9.17) is 4.74 Å². The summed E-state index contributed by atoms with van der Waals surface area (Å²) in [6.45, 7) is 1.56. The van der Waals surface area contributed by atoms with Crippen LogP contribution in [0.5, 0.6) is 0 Å². The monoisotopic (exact) mass is 485 g/mol. The molecule has 5 rings (SSSR count). The first-order chi connectivity index (χ1) is 16.4. The molecule has 10 nitrogen and oxygen atoms in total. The Morgan fingerprint density at radius 2 is 2.06 bits per heavy atom. The summed E-state index contributed by atoms with van der Waals surface area (Å²) in [5.41, 5.74) is 1.31. The van der Waals surface area contributed by atoms with Gasteiger partial charge in [-0.25, -0.2) is 12.8 Å². The molecule has 1 aromatic carbocycles. The number of halogens is 1. The molecule has 0 amide bonds. The molecule has 0 spiro atoms. The van der Waals surface area contributed by atoms with Gasteiger partial charge >= 0.3 is 0 Å². The van der Waals surface area contributed by atoms with E-state index >= 15 is 0 Å². The molecule has 3 aromatic rings. The molecule has 178 valence electrons. The topological polar surface area (TPSA) is 136 Å². The quantitative estimate of drug-likeness (QED) is 0.501. The zero-order valence-electron chi connectivity index (χ0n) is 18.3. The van der Waals surface area contributed by atoms with Crippen molar-refractivity contribution in [2.24, 2.45) is 0 Å². The molecule has 4 heterocycles. The summed E-state index contributed by atoms with van der Waals surface area (Å²) >= 11 is 0. The lowest BCUT2D eigenvalue weighted by Gasteiger charge is -2.28. The smallest absolute Gasteiger partial charge is 0.235 e. The Bertz CT molecular complexity index is 1360. The first-order valence-electron chi connectivity index (χ1n) is 11.1. The largest absolute Gasteiger partial charge is 0.381 e. The van der Waals surface area contributed by atoms with Crippen molar-refractivity contribution in [3.05, 3.63) is 35.8 Å². The molecule has 0 saturated carbocycles. The fraction of sp³-hybridized carbons (Fsp3) is 0.409. The molecule has 2 fully saturated rings. The standard InChI is InChI=1S/C22H24FN7O3S/c23-17-11-16(3-4-18(17)30-7-1-2-10-34(30,31)32)27-22-28-20-19(14(12-24)13-25-20)21(29-22)26-15-5-8-33-9-6-15/h3-4,11,13,15H,1-2,5-10H2,(H3,25,26,27,28,29). The summed E-state index contributed by atoms with van der Waals surface area (Å²) in [5.74, 6) is 0.0907. The second-order valence-electron chi connectivity index (χ2n) is 8.35. The number of fused-ring (bicyclic) bond motifs is 1. The SMILES string of the molecule is N#Cc1c[nH]c2nc(Nc3ccc(N4CCCCS4(=O)=O)c(F)c3)nc(NC3CCOCC3)c12. The van der Waals surface area contributed by atoms with Gasteiger partial charge < -0.3 is 20.4 Å². The van der Waals surface area contributed by atoms with E-state index in [1.807, 2.05) is 0 Å². The van der Waals surface area contributed by atoms with Crippen molar-refractivity contribution in [3.63, 3.8) is 0 Å². The van der Waals surface area contributed by atoms with E-state index in [0.29, 0.717) is 54.2 Å². The number of benzene rings is 1. The van der Waals surface area contributed by atoms with E-state index in [-0.39, 0.29) is 30.0 Å². The number of aromatic amines is 1. The average molecular weight is 486 g/mol. The highest BCUT2D eigenvalue weighted by Crippen LogP contribution is 2.31. The molecule has 0 atom stereocenters. The van der Waals surface area contributed by atoms with E-state index in [0.717, 1.165) is 17.1 Å². The van der Waals surface area contributed by atoms with Crippen molar-refractivity contribution in [2.75, 3.05) is 40.5 Å². The highest BCUT2D eigenvalue weighted by Gasteiger charge is 2.28. The Labute approximate surface area is 196 Å². The van der Waals surface area contributed by atoms with Gasteiger partial charge in [-0.15, -0.1) is 0 Å². The second kappa shape index (κ2) is 9.08. The lowest BCUT2D eigenvalue weighted by Crippen LogP contribution is -2.38. The number of nitriles is 1.